The van der Waals surface area contributed by atoms with Crippen molar-refractivity contribution in [2.45, 2.75) is 6.92 Å². The smallest absolute Gasteiger partial charge is 0.221 e. The van der Waals surface area contributed by atoms with Crippen LogP contribution in [0.3, 0.4) is 0 Å². The van der Waals surface area contributed by atoms with E-state index in [2.05, 4.69) is 15.6 Å². The number of benzene rings is 1. The Labute approximate surface area is 122 Å². The molecule has 1 amide bonds. The number of pyridine rings is 1. The van der Waals surface area contributed by atoms with Crippen molar-refractivity contribution in [1.29, 1.82) is 0 Å². The zero-order chi connectivity index (χ0) is 14.5. The number of carbonyl (C=O) groups is 1. The summed E-state index contributed by atoms with van der Waals surface area (Å²) in [5, 5.41) is 5.91. The lowest BCUT2D eigenvalue weighted by Gasteiger charge is -2.11. The summed E-state index contributed by atoms with van der Waals surface area (Å²) in [7, 11) is 0. The highest BCUT2D eigenvalue weighted by atomic mass is 32.1. The molecular weight excluding hydrogens is 272 g/mol. The Hall–Kier alpha value is -2.47. The van der Waals surface area contributed by atoms with Crippen molar-refractivity contribution in [2.75, 3.05) is 10.6 Å². The molecule has 4 N–H and O–H groups in total. The van der Waals surface area contributed by atoms with Gasteiger partial charge in [-0.1, -0.05) is 18.3 Å². The Morgan fingerprint density at radius 2 is 2.05 bits per heavy atom. The molecule has 6 heteroatoms. The van der Waals surface area contributed by atoms with Gasteiger partial charge in [-0.3, -0.25) is 9.78 Å². The number of thiocarbonyl (C=S) groups is 1. The van der Waals surface area contributed by atoms with Crippen molar-refractivity contribution in [3.63, 3.8) is 0 Å². The lowest BCUT2D eigenvalue weighted by molar-refractivity contribution is -0.114. The van der Waals surface area contributed by atoms with E-state index in [9.17, 15) is 4.79 Å². The first-order chi connectivity index (χ1) is 9.56. The van der Waals surface area contributed by atoms with Crippen molar-refractivity contribution < 1.29 is 4.79 Å². The highest BCUT2D eigenvalue weighted by molar-refractivity contribution is 7.80. The van der Waals surface area contributed by atoms with Gasteiger partial charge < -0.3 is 16.4 Å². The highest BCUT2D eigenvalue weighted by Gasteiger charge is 2.05. The van der Waals surface area contributed by atoms with E-state index >= 15 is 0 Å². The molecule has 0 aliphatic rings. The molecule has 2 aromatic rings. The first-order valence-corrected chi connectivity index (χ1v) is 6.35. The maximum atomic E-state index is 11.1. The van der Waals surface area contributed by atoms with Gasteiger partial charge in [0.1, 0.15) is 4.99 Å². The van der Waals surface area contributed by atoms with Crippen LogP contribution in [0.25, 0.3) is 0 Å². The second-order valence-electron chi connectivity index (χ2n) is 4.17. The fraction of sp³-hybridized carbons (Fsp3) is 0.0714. The fourth-order valence-corrected chi connectivity index (χ4v) is 1.92. The summed E-state index contributed by atoms with van der Waals surface area (Å²) in [5.41, 5.74) is 8.63. The minimum absolute atomic E-state index is 0.118. The van der Waals surface area contributed by atoms with Crippen LogP contribution in [0, 0.1) is 0 Å². The predicted molar refractivity (Wildman–Crippen MR) is 84.2 cm³/mol. The molecule has 0 bridgehead atoms. The van der Waals surface area contributed by atoms with Gasteiger partial charge in [-0.2, -0.15) is 0 Å². The fourth-order valence-electron chi connectivity index (χ4n) is 1.74. The molecule has 1 aromatic carbocycles. The Morgan fingerprint density at radius 3 is 2.75 bits per heavy atom. The van der Waals surface area contributed by atoms with Crippen molar-refractivity contribution in [3.05, 3.63) is 48.3 Å². The van der Waals surface area contributed by atoms with Crippen LogP contribution in [0.2, 0.25) is 0 Å². The molecule has 2 rings (SSSR count). The van der Waals surface area contributed by atoms with E-state index in [1.165, 1.54) is 6.92 Å². The lowest BCUT2D eigenvalue weighted by atomic mass is 10.2. The molecule has 5 nitrogen and oxygen atoms in total. The molecule has 0 radical (unpaired) electrons. The summed E-state index contributed by atoms with van der Waals surface area (Å²) < 4.78 is 0. The maximum Gasteiger partial charge on any atom is 0.221 e. The zero-order valence-electron chi connectivity index (χ0n) is 10.9. The molecule has 0 atom stereocenters. The second kappa shape index (κ2) is 6.12. The van der Waals surface area contributed by atoms with Crippen LogP contribution in [0.5, 0.6) is 0 Å². The largest absolute Gasteiger partial charge is 0.389 e. The first kappa shape index (κ1) is 14.0. The average Bonchev–Trinajstić information content (AvgIpc) is 2.38. The number of hydrogen-bond acceptors (Lipinski definition) is 4. The number of hydrogen-bond donors (Lipinski definition) is 3. The number of nitrogens with one attached hydrogen (secondary N) is 2. The Balaban J connectivity index is 2.26. The number of nitrogens with two attached hydrogens (primary N) is 1. The number of amides is 1. The molecule has 0 saturated carbocycles. The summed E-state index contributed by atoms with van der Waals surface area (Å²) in [6, 6.07) is 9.09. The van der Waals surface area contributed by atoms with Crippen LogP contribution in [0.4, 0.5) is 17.1 Å². The molecule has 1 heterocycles. The summed E-state index contributed by atoms with van der Waals surface area (Å²) in [4.78, 5) is 15.4. The maximum absolute atomic E-state index is 11.1. The zero-order valence-corrected chi connectivity index (χ0v) is 11.7. The Kier molecular flexibility index (Phi) is 4.27. The minimum atomic E-state index is -0.118. The SMILES string of the molecule is CC(=O)Nc1cccc(Nc2cnccc2C(N)=S)c1. The van der Waals surface area contributed by atoms with Gasteiger partial charge >= 0.3 is 0 Å². The molecule has 1 aromatic heterocycles. The molecule has 0 saturated heterocycles. The number of nitrogens with zero attached hydrogens (tertiary/aromatic N) is 1. The molecule has 0 spiro atoms. The summed E-state index contributed by atoms with van der Waals surface area (Å²) >= 11 is 5.00. The molecule has 0 unspecified atom stereocenters. The first-order valence-electron chi connectivity index (χ1n) is 5.95. The van der Waals surface area contributed by atoms with E-state index in [1.54, 1.807) is 18.5 Å². The van der Waals surface area contributed by atoms with E-state index in [-0.39, 0.29) is 5.91 Å². The van der Waals surface area contributed by atoms with Crippen LogP contribution < -0.4 is 16.4 Å². The quantitative estimate of drug-likeness (QED) is 0.752. The Bertz CT molecular complexity index is 657. The van der Waals surface area contributed by atoms with Gasteiger partial charge in [0, 0.05) is 30.1 Å². The van der Waals surface area contributed by atoms with Gasteiger partial charge in [-0.15, -0.1) is 0 Å². The molecule has 0 fully saturated rings. The number of rotatable bonds is 4. The summed E-state index contributed by atoms with van der Waals surface area (Å²) in [6.45, 7) is 1.46. The van der Waals surface area contributed by atoms with Gasteiger partial charge in [-0.05, 0) is 24.3 Å². The van der Waals surface area contributed by atoms with Gasteiger partial charge in [-0.25, -0.2) is 0 Å². The van der Waals surface area contributed by atoms with Crippen molar-refractivity contribution in [2.24, 2.45) is 5.73 Å². The molecule has 0 aliphatic carbocycles. The number of aromatic nitrogens is 1. The third-order valence-electron chi connectivity index (χ3n) is 2.55. The molecule has 0 aliphatic heterocycles. The van der Waals surface area contributed by atoms with Crippen LogP contribution in [-0.4, -0.2) is 15.9 Å². The minimum Gasteiger partial charge on any atom is -0.389 e. The van der Waals surface area contributed by atoms with Crippen LogP contribution in [0.1, 0.15) is 12.5 Å². The highest BCUT2D eigenvalue weighted by Crippen LogP contribution is 2.22. The van der Waals surface area contributed by atoms with Gasteiger partial charge in [0.2, 0.25) is 5.91 Å². The van der Waals surface area contributed by atoms with E-state index in [0.717, 1.165) is 16.9 Å². The van der Waals surface area contributed by atoms with Gasteiger partial charge in [0.15, 0.2) is 0 Å². The second-order valence-corrected chi connectivity index (χ2v) is 4.61. The predicted octanol–water partition coefficient (Wildman–Crippen LogP) is 2.42. The Morgan fingerprint density at radius 1 is 1.30 bits per heavy atom. The van der Waals surface area contributed by atoms with Crippen LogP contribution in [-0.2, 0) is 4.79 Å². The average molecular weight is 286 g/mol. The van der Waals surface area contributed by atoms with Crippen LogP contribution >= 0.6 is 12.2 Å². The van der Waals surface area contributed by atoms with Gasteiger partial charge in [0.05, 0.1) is 11.9 Å². The third-order valence-corrected chi connectivity index (χ3v) is 2.77. The van der Waals surface area contributed by atoms with Crippen molar-refractivity contribution in [1.82, 2.24) is 4.98 Å². The van der Waals surface area contributed by atoms with E-state index in [0.29, 0.717) is 10.7 Å². The van der Waals surface area contributed by atoms with E-state index < -0.39 is 0 Å². The topological polar surface area (TPSA) is 80.0 Å². The molecule has 20 heavy (non-hydrogen) atoms. The number of carbonyl (C=O) groups excluding carboxylic acids is 1. The van der Waals surface area contributed by atoms with Crippen LogP contribution in [0.15, 0.2) is 42.7 Å². The monoisotopic (exact) mass is 286 g/mol. The normalized spacial score (nSPS) is 9.85. The summed E-state index contributed by atoms with van der Waals surface area (Å²) in [5.74, 6) is -0.118. The molecular formula is C14H14N4OS. The molecule has 102 valence electrons. The summed E-state index contributed by atoms with van der Waals surface area (Å²) in [6.07, 6.45) is 3.28. The third kappa shape index (κ3) is 3.52. The van der Waals surface area contributed by atoms with E-state index in [1.807, 2.05) is 24.3 Å². The number of anilines is 3. The lowest BCUT2D eigenvalue weighted by Crippen LogP contribution is -2.12. The van der Waals surface area contributed by atoms with E-state index in [4.69, 9.17) is 18.0 Å². The van der Waals surface area contributed by atoms with Crippen molar-refractivity contribution in [3.8, 4) is 0 Å². The van der Waals surface area contributed by atoms with Gasteiger partial charge in [0.25, 0.3) is 0 Å². The van der Waals surface area contributed by atoms with Crippen molar-refractivity contribution >= 4 is 40.2 Å². The standard InChI is InChI=1S/C14H14N4OS/c1-9(19)17-10-3-2-4-11(7-10)18-13-8-16-6-5-12(13)14(15)20/h2-8,18H,1H3,(H2,15,20)(H,17,19).